The van der Waals surface area contributed by atoms with Gasteiger partial charge in [-0.05, 0) is 41.5 Å². The topological polar surface area (TPSA) is 116 Å². The summed E-state index contributed by atoms with van der Waals surface area (Å²) in [6, 6.07) is 14.0. The molecule has 0 aliphatic carbocycles. The fourth-order valence-electron chi connectivity index (χ4n) is 4.52. The van der Waals surface area contributed by atoms with E-state index in [4.69, 9.17) is 9.94 Å². The van der Waals surface area contributed by atoms with Gasteiger partial charge in [0.15, 0.2) is 6.04 Å². The number of likely N-dealkylation sites (N-methyl/N-ethyl adjacent to an activating group) is 2. The van der Waals surface area contributed by atoms with Gasteiger partial charge in [0.05, 0.1) is 13.2 Å². The highest BCUT2D eigenvalue weighted by atomic mass is 16.5. The molecule has 190 valence electrons. The SMILES string of the molecule is CNC(=O)C(C(=O)NO)N(C)C(=O)c1ccc(-c2ccc3c(c2)cc(CN2CCOCC2)n3C)cc1. The lowest BCUT2D eigenvalue weighted by atomic mass is 10.0. The van der Waals surface area contributed by atoms with Crippen LogP contribution in [0.15, 0.2) is 48.5 Å². The third-order valence-electron chi connectivity index (χ3n) is 6.66. The first-order valence-corrected chi connectivity index (χ1v) is 11.8. The Morgan fingerprint density at radius 2 is 1.69 bits per heavy atom. The highest BCUT2D eigenvalue weighted by Crippen LogP contribution is 2.27. The molecule has 3 N–H and O–H groups in total. The van der Waals surface area contributed by atoms with Gasteiger partial charge in [0.1, 0.15) is 0 Å². The molecule has 0 bridgehead atoms. The number of nitrogens with zero attached hydrogens (tertiary/aromatic N) is 3. The molecule has 2 heterocycles. The molecule has 0 radical (unpaired) electrons. The molecule has 1 aliphatic heterocycles. The molecule has 1 fully saturated rings. The van der Waals surface area contributed by atoms with Crippen molar-refractivity contribution in [3.63, 3.8) is 0 Å². The van der Waals surface area contributed by atoms with E-state index in [9.17, 15) is 14.4 Å². The average Bonchev–Trinajstić information content (AvgIpc) is 3.22. The fraction of sp³-hybridized carbons (Fsp3) is 0.346. The molecule has 1 saturated heterocycles. The third kappa shape index (κ3) is 5.11. The van der Waals surface area contributed by atoms with Gasteiger partial charge in [-0.25, -0.2) is 5.48 Å². The van der Waals surface area contributed by atoms with Crippen LogP contribution < -0.4 is 10.8 Å². The smallest absolute Gasteiger partial charge is 0.275 e. The molecule has 10 heteroatoms. The lowest BCUT2D eigenvalue weighted by Gasteiger charge is -2.26. The van der Waals surface area contributed by atoms with E-state index in [1.54, 1.807) is 12.1 Å². The van der Waals surface area contributed by atoms with E-state index in [0.29, 0.717) is 5.56 Å². The second kappa shape index (κ2) is 10.9. The van der Waals surface area contributed by atoms with Crippen molar-refractivity contribution in [1.82, 2.24) is 25.2 Å². The Morgan fingerprint density at radius 1 is 1.03 bits per heavy atom. The van der Waals surface area contributed by atoms with Gasteiger partial charge in [-0.3, -0.25) is 24.5 Å². The van der Waals surface area contributed by atoms with E-state index < -0.39 is 23.8 Å². The highest BCUT2D eigenvalue weighted by molar-refractivity contribution is 6.08. The quantitative estimate of drug-likeness (QED) is 0.260. The zero-order chi connectivity index (χ0) is 25.8. The van der Waals surface area contributed by atoms with Crippen LogP contribution in [0.1, 0.15) is 16.1 Å². The zero-order valence-electron chi connectivity index (χ0n) is 20.7. The summed E-state index contributed by atoms with van der Waals surface area (Å²) in [7, 11) is 4.77. The maximum absolute atomic E-state index is 12.9. The largest absolute Gasteiger partial charge is 0.379 e. The highest BCUT2D eigenvalue weighted by Gasteiger charge is 2.33. The summed E-state index contributed by atoms with van der Waals surface area (Å²) < 4.78 is 7.67. The molecule has 0 spiro atoms. The molecular formula is C26H31N5O5. The predicted molar refractivity (Wildman–Crippen MR) is 134 cm³/mol. The maximum atomic E-state index is 12.9. The van der Waals surface area contributed by atoms with Crippen molar-refractivity contribution in [3.8, 4) is 11.1 Å². The predicted octanol–water partition coefficient (Wildman–Crippen LogP) is 1.37. The molecule has 1 aromatic heterocycles. The first-order valence-electron chi connectivity index (χ1n) is 11.8. The fourth-order valence-corrected chi connectivity index (χ4v) is 4.52. The number of rotatable bonds is 7. The second-order valence-corrected chi connectivity index (χ2v) is 8.84. The normalized spacial score (nSPS) is 14.9. The molecule has 1 atom stereocenters. The van der Waals surface area contributed by atoms with E-state index in [1.165, 1.54) is 25.3 Å². The van der Waals surface area contributed by atoms with Crippen LogP contribution in [0.4, 0.5) is 0 Å². The first-order chi connectivity index (χ1) is 17.3. The molecule has 3 amide bonds. The Labute approximate surface area is 209 Å². The number of fused-ring (bicyclic) bond motifs is 1. The van der Waals surface area contributed by atoms with Crippen molar-refractivity contribution in [2.45, 2.75) is 12.6 Å². The van der Waals surface area contributed by atoms with E-state index in [1.807, 2.05) is 12.1 Å². The summed E-state index contributed by atoms with van der Waals surface area (Å²) in [5.74, 6) is -2.23. The van der Waals surface area contributed by atoms with Gasteiger partial charge in [0.25, 0.3) is 17.7 Å². The number of ether oxygens (including phenoxy) is 1. The van der Waals surface area contributed by atoms with Crippen LogP contribution in [0.25, 0.3) is 22.0 Å². The maximum Gasteiger partial charge on any atom is 0.275 e. The first kappa shape index (κ1) is 25.4. The summed E-state index contributed by atoms with van der Waals surface area (Å²) >= 11 is 0. The average molecular weight is 494 g/mol. The molecule has 1 unspecified atom stereocenters. The number of morpholine rings is 1. The molecule has 4 rings (SSSR count). The Hall–Kier alpha value is -3.73. The Bertz CT molecular complexity index is 1250. The van der Waals surface area contributed by atoms with Crippen LogP contribution in [0.5, 0.6) is 0 Å². The monoisotopic (exact) mass is 493 g/mol. The number of aryl methyl sites for hydroxylation is 1. The van der Waals surface area contributed by atoms with E-state index in [-0.39, 0.29) is 0 Å². The Kier molecular flexibility index (Phi) is 7.68. The van der Waals surface area contributed by atoms with Crippen LogP contribution >= 0.6 is 0 Å². The van der Waals surface area contributed by atoms with Crippen LogP contribution in [-0.2, 0) is 27.9 Å². The summed E-state index contributed by atoms with van der Waals surface area (Å²) in [4.78, 5) is 40.3. The summed E-state index contributed by atoms with van der Waals surface area (Å²) in [6.07, 6.45) is 0. The Balaban J connectivity index is 1.53. The zero-order valence-corrected chi connectivity index (χ0v) is 20.7. The van der Waals surface area contributed by atoms with Crippen molar-refractivity contribution < 1.29 is 24.3 Å². The second-order valence-electron chi connectivity index (χ2n) is 8.84. The van der Waals surface area contributed by atoms with Gasteiger partial charge in [0, 0.05) is 62.9 Å². The molecule has 2 aromatic carbocycles. The molecule has 3 aromatic rings. The van der Waals surface area contributed by atoms with Gasteiger partial charge < -0.3 is 19.5 Å². The van der Waals surface area contributed by atoms with E-state index in [0.717, 1.165) is 59.8 Å². The number of hydrogen-bond acceptors (Lipinski definition) is 6. The minimum absolute atomic E-state index is 0.314. The van der Waals surface area contributed by atoms with Gasteiger partial charge in [-0.1, -0.05) is 18.2 Å². The van der Waals surface area contributed by atoms with Crippen LogP contribution in [0.2, 0.25) is 0 Å². The number of carbonyl (C=O) groups excluding carboxylic acids is 3. The number of benzene rings is 2. The van der Waals surface area contributed by atoms with Crippen molar-refractivity contribution in [3.05, 3.63) is 59.8 Å². The Morgan fingerprint density at radius 3 is 2.33 bits per heavy atom. The lowest BCUT2D eigenvalue weighted by Crippen LogP contribution is -2.54. The minimum atomic E-state index is -1.50. The molecular weight excluding hydrogens is 462 g/mol. The molecule has 36 heavy (non-hydrogen) atoms. The van der Waals surface area contributed by atoms with Crippen molar-refractivity contribution in [2.75, 3.05) is 40.4 Å². The van der Waals surface area contributed by atoms with E-state index in [2.05, 4.69) is 46.1 Å². The lowest BCUT2D eigenvalue weighted by molar-refractivity contribution is -0.140. The van der Waals surface area contributed by atoms with Crippen molar-refractivity contribution >= 4 is 28.6 Å². The van der Waals surface area contributed by atoms with Gasteiger partial charge >= 0.3 is 0 Å². The van der Waals surface area contributed by atoms with Gasteiger partial charge in [-0.2, -0.15) is 0 Å². The minimum Gasteiger partial charge on any atom is -0.379 e. The number of carbonyl (C=O) groups is 3. The third-order valence-corrected chi connectivity index (χ3v) is 6.66. The summed E-state index contributed by atoms with van der Waals surface area (Å²) in [6.45, 7) is 4.27. The number of amides is 3. The van der Waals surface area contributed by atoms with E-state index >= 15 is 0 Å². The van der Waals surface area contributed by atoms with Crippen LogP contribution in [0.3, 0.4) is 0 Å². The molecule has 0 saturated carbocycles. The number of nitrogens with one attached hydrogen (secondary N) is 2. The number of hydrogen-bond donors (Lipinski definition) is 3. The molecule has 10 nitrogen and oxygen atoms in total. The summed E-state index contributed by atoms with van der Waals surface area (Å²) in [5, 5.41) is 12.4. The van der Waals surface area contributed by atoms with Crippen molar-refractivity contribution in [1.29, 1.82) is 0 Å². The standard InChI is InChI=1S/C26H31N5O5/c1-27-24(32)23(25(33)28-35)30(3)26(34)18-6-4-17(5-7-18)19-8-9-22-20(14-19)15-21(29(22)2)16-31-10-12-36-13-11-31/h4-9,14-15,23,35H,10-13,16H2,1-3H3,(H,27,32)(H,28,33). The summed E-state index contributed by atoms with van der Waals surface area (Å²) in [5.41, 5.74) is 6.09. The van der Waals surface area contributed by atoms with Crippen molar-refractivity contribution in [2.24, 2.45) is 7.05 Å². The van der Waals surface area contributed by atoms with Gasteiger partial charge in [0.2, 0.25) is 0 Å². The van der Waals surface area contributed by atoms with Crippen LogP contribution in [-0.4, -0.2) is 83.7 Å². The number of aromatic nitrogens is 1. The van der Waals surface area contributed by atoms with Crippen LogP contribution in [0, 0.1) is 0 Å². The van der Waals surface area contributed by atoms with Gasteiger partial charge in [-0.15, -0.1) is 0 Å². The molecule has 1 aliphatic rings. The number of hydroxylamine groups is 1.